The predicted octanol–water partition coefficient (Wildman–Crippen LogP) is 4.05. The van der Waals surface area contributed by atoms with E-state index in [2.05, 4.69) is 41.3 Å². The van der Waals surface area contributed by atoms with Crippen LogP contribution in [0.2, 0.25) is 0 Å². The zero-order valence-corrected chi connectivity index (χ0v) is 23.1. The zero-order valence-electron chi connectivity index (χ0n) is 21.5. The number of rotatable bonds is 7. The summed E-state index contributed by atoms with van der Waals surface area (Å²) in [7, 11) is 0. The maximum atomic E-state index is 13.6. The summed E-state index contributed by atoms with van der Waals surface area (Å²) in [4.78, 5) is 53.0. The summed E-state index contributed by atoms with van der Waals surface area (Å²) in [5, 5.41) is 7.65. The first-order valence-electron chi connectivity index (χ1n) is 12.6. The quantitative estimate of drug-likeness (QED) is 0.246. The van der Waals surface area contributed by atoms with E-state index in [-0.39, 0.29) is 58.2 Å². The van der Waals surface area contributed by atoms with Crippen LogP contribution in [-0.2, 0) is 16.1 Å². The molecule has 3 atom stereocenters. The number of benzene rings is 1. The number of anilines is 1. The number of fused-ring (bicyclic) bond motifs is 2. The summed E-state index contributed by atoms with van der Waals surface area (Å²) in [6.07, 6.45) is 4.63. The minimum absolute atomic E-state index is 0.0145. The number of hydrogen-bond donors (Lipinski definition) is 1. The van der Waals surface area contributed by atoms with Gasteiger partial charge in [0.05, 0.1) is 5.52 Å². The van der Waals surface area contributed by atoms with E-state index in [0.717, 1.165) is 12.0 Å². The van der Waals surface area contributed by atoms with Crippen molar-refractivity contribution in [3.05, 3.63) is 64.4 Å². The van der Waals surface area contributed by atoms with Crippen LogP contribution in [0.5, 0.6) is 11.8 Å². The number of ketones is 1. The van der Waals surface area contributed by atoms with E-state index in [1.807, 2.05) is 6.92 Å². The largest absolute Gasteiger partial charge is 0.424 e. The Bertz CT molecular complexity index is 1680. The molecule has 1 saturated heterocycles. The van der Waals surface area contributed by atoms with Gasteiger partial charge in [-0.25, -0.2) is 19.3 Å². The average Bonchev–Trinajstić information content (AvgIpc) is 3.43. The summed E-state index contributed by atoms with van der Waals surface area (Å²) in [6.45, 7) is 3.12. The predicted molar refractivity (Wildman–Crippen MR) is 144 cm³/mol. The normalized spacial score (nSPS) is 19.4. The second-order valence-electron chi connectivity index (χ2n) is 9.96. The molecular formula is C27H23BrFN7O4. The van der Waals surface area contributed by atoms with Gasteiger partial charge >= 0.3 is 6.01 Å². The molecule has 1 aliphatic heterocycles. The molecule has 13 heteroatoms. The van der Waals surface area contributed by atoms with Crippen LogP contribution < -0.4 is 10.1 Å². The van der Waals surface area contributed by atoms with Gasteiger partial charge in [0, 0.05) is 30.7 Å². The van der Waals surface area contributed by atoms with Crippen molar-refractivity contribution in [1.29, 1.82) is 0 Å². The molecule has 0 spiro atoms. The van der Waals surface area contributed by atoms with Crippen molar-refractivity contribution in [3.63, 3.8) is 0 Å². The molecule has 0 radical (unpaired) electrons. The van der Waals surface area contributed by atoms with E-state index in [9.17, 15) is 18.8 Å². The van der Waals surface area contributed by atoms with Crippen molar-refractivity contribution in [2.24, 2.45) is 5.92 Å². The Morgan fingerprint density at radius 1 is 1.15 bits per heavy atom. The van der Waals surface area contributed by atoms with Crippen molar-refractivity contribution in [3.8, 4) is 11.8 Å². The number of hydrogen-bond acceptors (Lipinski definition) is 8. The number of nitrogens with zero attached hydrogens (tertiary/aromatic N) is 6. The molecule has 4 aromatic rings. The molecule has 11 nitrogen and oxygen atoms in total. The number of likely N-dealkylation sites (tertiary alicyclic amines) is 1. The lowest BCUT2D eigenvalue weighted by Crippen LogP contribution is -2.46. The van der Waals surface area contributed by atoms with Gasteiger partial charge in [-0.2, -0.15) is 5.10 Å². The summed E-state index contributed by atoms with van der Waals surface area (Å²) in [5.74, 6) is -0.632. The van der Waals surface area contributed by atoms with Gasteiger partial charge in [0.25, 0.3) is 0 Å². The van der Waals surface area contributed by atoms with Crippen molar-refractivity contribution < 1.29 is 23.5 Å². The van der Waals surface area contributed by atoms with Gasteiger partial charge in [-0.05, 0) is 77.5 Å². The summed E-state index contributed by atoms with van der Waals surface area (Å²) in [5.41, 5.74) is 1.66. The number of carbonyl (C=O) groups is 3. The van der Waals surface area contributed by atoms with Gasteiger partial charge in [-0.15, -0.1) is 0 Å². The van der Waals surface area contributed by atoms with E-state index >= 15 is 0 Å². The van der Waals surface area contributed by atoms with Crippen molar-refractivity contribution in [2.75, 3.05) is 5.32 Å². The smallest absolute Gasteiger partial charge is 0.321 e. The molecule has 40 heavy (non-hydrogen) atoms. The molecule has 4 heterocycles. The number of pyridine rings is 1. The van der Waals surface area contributed by atoms with Gasteiger partial charge in [0.2, 0.25) is 11.8 Å². The fraction of sp³-hybridized carbons (Fsp3) is 0.296. The number of piperidine rings is 1. The van der Waals surface area contributed by atoms with Crippen LogP contribution in [0, 0.1) is 18.7 Å². The fourth-order valence-corrected chi connectivity index (χ4v) is 5.42. The molecule has 1 N–H and O–H groups in total. The molecule has 0 unspecified atom stereocenters. The summed E-state index contributed by atoms with van der Waals surface area (Å²) >= 11 is 3.01. The van der Waals surface area contributed by atoms with E-state index in [0.29, 0.717) is 23.1 Å². The Morgan fingerprint density at radius 2 is 1.93 bits per heavy atom. The Hall–Kier alpha value is -4.26. The van der Waals surface area contributed by atoms with Gasteiger partial charge in [-0.1, -0.05) is 0 Å². The highest BCUT2D eigenvalue weighted by Crippen LogP contribution is 2.48. The molecule has 2 aliphatic rings. The van der Waals surface area contributed by atoms with Gasteiger partial charge in [0.15, 0.2) is 11.6 Å². The van der Waals surface area contributed by atoms with E-state index in [1.165, 1.54) is 23.7 Å². The summed E-state index contributed by atoms with van der Waals surface area (Å²) in [6, 6.07) is 7.08. The number of carbonyl (C=O) groups excluding carboxylic acids is 3. The Labute approximate surface area is 235 Å². The van der Waals surface area contributed by atoms with Crippen LogP contribution >= 0.6 is 15.9 Å². The van der Waals surface area contributed by atoms with Crippen LogP contribution in [0.4, 0.5) is 10.2 Å². The molecule has 2 fully saturated rings. The number of aryl methyl sites for hydroxylation is 1. The van der Waals surface area contributed by atoms with Crippen LogP contribution in [0.3, 0.4) is 0 Å². The lowest BCUT2D eigenvalue weighted by Gasteiger charge is -2.26. The SMILES string of the molecule is CC(=O)c1nn(CC(=O)N2[C@@H]3C[C@@H]3C[C@H]2C(=O)Nc2ccc(F)c(Br)n2)c2ccc(Oc3ncc(C)cn3)cc12. The van der Waals surface area contributed by atoms with Gasteiger partial charge in [-0.3, -0.25) is 19.1 Å². The third-order valence-electron chi connectivity index (χ3n) is 7.06. The van der Waals surface area contributed by atoms with Crippen LogP contribution in [0.25, 0.3) is 10.9 Å². The third kappa shape index (κ3) is 4.92. The fourth-order valence-electron chi connectivity index (χ4n) is 5.10. The highest BCUT2D eigenvalue weighted by atomic mass is 79.9. The number of nitrogens with one attached hydrogen (secondary N) is 1. The number of ether oxygens (including phenoxy) is 1. The first-order chi connectivity index (χ1) is 19.2. The topological polar surface area (TPSA) is 132 Å². The molecule has 2 amide bonds. The van der Waals surface area contributed by atoms with E-state index in [4.69, 9.17) is 4.74 Å². The first kappa shape index (κ1) is 26.0. The summed E-state index contributed by atoms with van der Waals surface area (Å²) < 4.78 is 20.8. The molecule has 6 rings (SSSR count). The minimum Gasteiger partial charge on any atom is -0.424 e. The highest BCUT2D eigenvalue weighted by Gasteiger charge is 2.56. The highest BCUT2D eigenvalue weighted by molar-refractivity contribution is 9.10. The Balaban J connectivity index is 1.23. The molecule has 204 valence electrons. The maximum Gasteiger partial charge on any atom is 0.321 e. The van der Waals surface area contributed by atoms with Crippen molar-refractivity contribution in [2.45, 2.75) is 45.3 Å². The molecule has 1 saturated carbocycles. The second kappa shape index (κ2) is 10.0. The second-order valence-corrected chi connectivity index (χ2v) is 10.7. The van der Waals surface area contributed by atoms with E-state index < -0.39 is 11.9 Å². The maximum absolute atomic E-state index is 13.6. The number of amides is 2. The third-order valence-corrected chi connectivity index (χ3v) is 7.61. The monoisotopic (exact) mass is 607 g/mol. The van der Waals surface area contributed by atoms with Gasteiger partial charge in [0.1, 0.15) is 34.5 Å². The van der Waals surface area contributed by atoms with Gasteiger partial charge < -0.3 is 15.0 Å². The molecule has 3 aromatic heterocycles. The lowest BCUT2D eigenvalue weighted by atomic mass is 10.1. The molecule has 1 aromatic carbocycles. The molecule has 0 bridgehead atoms. The molecule has 1 aliphatic carbocycles. The van der Waals surface area contributed by atoms with Crippen LogP contribution in [0.15, 0.2) is 47.3 Å². The Kier molecular flexibility index (Phi) is 6.53. The standard InChI is InChI=1S/C27H23BrFN7O4/c1-13-10-30-27(31-11-13)40-16-3-5-19-17(9-16)24(14(2)37)34-35(19)12-23(38)36-20-7-15(20)8-21(36)26(39)33-22-6-4-18(29)25(28)32-22/h3-6,9-11,15,20-21H,7-8,12H2,1-2H3,(H,32,33,39)/t15-,20-,21+/m1/s1. The minimum atomic E-state index is -0.689. The number of aromatic nitrogens is 5. The lowest BCUT2D eigenvalue weighted by molar-refractivity contribution is -0.138. The zero-order chi connectivity index (χ0) is 28.1. The molecular weight excluding hydrogens is 585 g/mol. The Morgan fingerprint density at radius 3 is 2.65 bits per heavy atom. The van der Waals surface area contributed by atoms with Crippen LogP contribution in [0.1, 0.15) is 35.8 Å². The van der Waals surface area contributed by atoms with Crippen molar-refractivity contribution in [1.82, 2.24) is 29.6 Å². The van der Waals surface area contributed by atoms with Crippen LogP contribution in [-0.4, -0.2) is 59.3 Å². The first-order valence-corrected chi connectivity index (χ1v) is 13.4. The number of halogens is 2. The van der Waals surface area contributed by atoms with E-state index in [1.54, 1.807) is 35.5 Å². The number of Topliss-reactive ketones (excluding diaryl/α,β-unsaturated/α-hetero) is 1. The van der Waals surface area contributed by atoms with Crippen molar-refractivity contribution >= 4 is 50.2 Å². The average molecular weight is 608 g/mol.